The van der Waals surface area contributed by atoms with Gasteiger partial charge in [-0.2, -0.15) is 0 Å². The van der Waals surface area contributed by atoms with Crippen LogP contribution in [0.1, 0.15) is 42.4 Å². The number of carbonyl (C=O) groups is 1. The molecule has 1 aliphatic carbocycles. The van der Waals surface area contributed by atoms with Crippen molar-refractivity contribution in [2.24, 2.45) is 0 Å². The van der Waals surface area contributed by atoms with Gasteiger partial charge in [-0.05, 0) is 50.7 Å². The van der Waals surface area contributed by atoms with Crippen LogP contribution in [0.15, 0.2) is 24.0 Å². The van der Waals surface area contributed by atoms with Gasteiger partial charge in [0.25, 0.3) is 5.91 Å². The number of hydrogen-bond donors (Lipinski definition) is 5. The Morgan fingerprint density at radius 1 is 1.12 bits per heavy atom. The molecule has 9 nitrogen and oxygen atoms in total. The Morgan fingerprint density at radius 3 is 2.45 bits per heavy atom. The summed E-state index contributed by atoms with van der Waals surface area (Å²) >= 11 is 0. The lowest BCUT2D eigenvalue weighted by molar-refractivity contribution is -0.293. The number of hydrogen-bond acceptors (Lipinski definition) is 8. The highest BCUT2D eigenvalue weighted by Gasteiger charge is 2.52. The average Bonchev–Trinajstić information content (AvgIpc) is 3.06. The van der Waals surface area contributed by atoms with E-state index in [-0.39, 0.29) is 12.0 Å². The number of amides is 1. The summed E-state index contributed by atoms with van der Waals surface area (Å²) in [4.78, 5) is 13.3. The maximum atomic E-state index is 13.3. The molecular formula is C24H33NO8. The van der Waals surface area contributed by atoms with Crippen LogP contribution in [0, 0.1) is 13.8 Å². The fourth-order valence-corrected chi connectivity index (χ4v) is 5.05. The molecular weight excluding hydrogens is 430 g/mol. The third-order valence-electron chi connectivity index (χ3n) is 7.11. The maximum Gasteiger partial charge on any atom is 0.256 e. The van der Waals surface area contributed by atoms with Crippen LogP contribution in [0.3, 0.4) is 0 Å². The van der Waals surface area contributed by atoms with Gasteiger partial charge in [0.1, 0.15) is 30.2 Å². The minimum atomic E-state index is -1.57. The summed E-state index contributed by atoms with van der Waals surface area (Å²) < 4.78 is 17.3. The third-order valence-corrected chi connectivity index (χ3v) is 7.11. The Bertz CT molecular complexity index is 921. The molecule has 2 heterocycles. The Labute approximate surface area is 193 Å². The molecule has 5 unspecified atom stereocenters. The number of carbonyl (C=O) groups excluding carboxylic acids is 1. The highest BCUT2D eigenvalue weighted by atomic mass is 16.7. The first-order valence-corrected chi connectivity index (χ1v) is 11.4. The zero-order valence-corrected chi connectivity index (χ0v) is 19.2. The fourth-order valence-electron chi connectivity index (χ4n) is 5.05. The van der Waals surface area contributed by atoms with Gasteiger partial charge >= 0.3 is 0 Å². The number of aliphatic hydroxyl groups excluding tert-OH is 4. The lowest BCUT2D eigenvalue weighted by Crippen LogP contribution is -2.60. The van der Waals surface area contributed by atoms with Gasteiger partial charge in [-0.3, -0.25) is 4.79 Å². The average molecular weight is 464 g/mol. The van der Waals surface area contributed by atoms with Crippen molar-refractivity contribution < 1.29 is 39.4 Å². The van der Waals surface area contributed by atoms with Gasteiger partial charge in [-0.1, -0.05) is 23.8 Å². The van der Waals surface area contributed by atoms with Crippen molar-refractivity contribution in [3.8, 4) is 0 Å². The van der Waals surface area contributed by atoms with Crippen LogP contribution in [-0.4, -0.2) is 82.4 Å². The van der Waals surface area contributed by atoms with Gasteiger partial charge in [-0.25, -0.2) is 0 Å². The standard InChI is InChI=1S/C24H33NO8/c1-12-4-5-13(2)15(10-12)17-21(24(25-22(17)30)8-6-14(31-3)7-9-24)33-23-20(29)19(28)18(27)16(11-26)32-23/h4-5,10,14,16,18-20,23,26-29H,6-9,11H2,1-3H3,(H,25,30). The Balaban J connectivity index is 1.78. The van der Waals surface area contributed by atoms with Crippen LogP contribution in [0.25, 0.3) is 5.57 Å². The Morgan fingerprint density at radius 2 is 1.82 bits per heavy atom. The normalized spacial score (nSPS) is 36.9. The van der Waals surface area contributed by atoms with Gasteiger partial charge in [0.2, 0.25) is 6.29 Å². The predicted octanol–water partition coefficient (Wildman–Crippen LogP) is 0.289. The SMILES string of the molecule is COC1CCC2(CC1)NC(=O)C(c1cc(C)ccc1C)=C2OC1OC(CO)C(O)C(O)C1O. The number of aliphatic hydroxyl groups is 4. The smallest absolute Gasteiger partial charge is 0.256 e. The van der Waals surface area contributed by atoms with E-state index in [1.807, 2.05) is 32.0 Å². The zero-order chi connectivity index (χ0) is 23.9. The molecule has 2 aliphatic heterocycles. The molecule has 9 heteroatoms. The van der Waals surface area contributed by atoms with Crippen molar-refractivity contribution in [2.75, 3.05) is 13.7 Å². The molecule has 182 valence electrons. The van der Waals surface area contributed by atoms with E-state index in [2.05, 4.69) is 5.32 Å². The Hall–Kier alpha value is -2.01. The van der Waals surface area contributed by atoms with Crippen LogP contribution < -0.4 is 5.32 Å². The van der Waals surface area contributed by atoms with Crippen LogP contribution in [-0.2, 0) is 19.0 Å². The highest BCUT2D eigenvalue weighted by molar-refractivity contribution is 6.23. The first-order chi connectivity index (χ1) is 15.7. The molecule has 5 atom stereocenters. The van der Waals surface area contributed by atoms with E-state index in [9.17, 15) is 25.2 Å². The second-order valence-electron chi connectivity index (χ2n) is 9.31. The molecule has 4 rings (SSSR count). The van der Waals surface area contributed by atoms with Gasteiger partial charge in [0.15, 0.2) is 0 Å². The van der Waals surface area contributed by atoms with Crippen molar-refractivity contribution in [1.82, 2.24) is 5.32 Å². The maximum absolute atomic E-state index is 13.3. The summed E-state index contributed by atoms with van der Waals surface area (Å²) in [5.74, 6) is 0.0687. The molecule has 1 saturated carbocycles. The predicted molar refractivity (Wildman–Crippen MR) is 118 cm³/mol. The summed E-state index contributed by atoms with van der Waals surface area (Å²) in [6.45, 7) is 3.28. The van der Waals surface area contributed by atoms with Crippen molar-refractivity contribution >= 4 is 11.5 Å². The van der Waals surface area contributed by atoms with Crippen molar-refractivity contribution in [3.63, 3.8) is 0 Å². The van der Waals surface area contributed by atoms with Crippen LogP contribution in [0.2, 0.25) is 0 Å². The fraction of sp³-hybridized carbons (Fsp3) is 0.625. The van der Waals surface area contributed by atoms with E-state index < -0.39 is 42.9 Å². The van der Waals surface area contributed by atoms with E-state index in [0.29, 0.717) is 37.0 Å². The number of aryl methyl sites for hydroxylation is 2. The summed E-state index contributed by atoms with van der Waals surface area (Å²) in [5.41, 5.74) is 2.15. The summed E-state index contributed by atoms with van der Waals surface area (Å²) in [7, 11) is 1.67. The third kappa shape index (κ3) is 4.29. The minimum absolute atomic E-state index is 0.0748. The molecule has 5 N–H and O–H groups in total. The van der Waals surface area contributed by atoms with E-state index in [0.717, 1.165) is 16.7 Å². The molecule has 1 aromatic rings. The summed E-state index contributed by atoms with van der Waals surface area (Å²) in [6.07, 6.45) is -4.50. The van der Waals surface area contributed by atoms with Gasteiger partial charge in [0, 0.05) is 7.11 Å². The number of rotatable bonds is 5. The molecule has 3 aliphatic rings. The summed E-state index contributed by atoms with van der Waals surface area (Å²) in [6, 6.07) is 5.81. The Kier molecular flexibility index (Phi) is 6.82. The number of nitrogens with one attached hydrogen (secondary N) is 1. The molecule has 0 bridgehead atoms. The van der Waals surface area contributed by atoms with Crippen molar-refractivity contribution in [1.29, 1.82) is 0 Å². The van der Waals surface area contributed by atoms with Crippen molar-refractivity contribution in [3.05, 3.63) is 40.6 Å². The van der Waals surface area contributed by atoms with Crippen molar-refractivity contribution in [2.45, 2.75) is 81.9 Å². The van der Waals surface area contributed by atoms with E-state index in [4.69, 9.17) is 14.2 Å². The largest absolute Gasteiger partial charge is 0.463 e. The van der Waals surface area contributed by atoms with Crippen LogP contribution >= 0.6 is 0 Å². The minimum Gasteiger partial charge on any atom is -0.463 e. The summed E-state index contributed by atoms with van der Waals surface area (Å²) in [5, 5.41) is 43.6. The monoisotopic (exact) mass is 463 g/mol. The topological polar surface area (TPSA) is 138 Å². The first kappa shape index (κ1) is 24.1. The van der Waals surface area contributed by atoms with Crippen LogP contribution in [0.5, 0.6) is 0 Å². The zero-order valence-electron chi connectivity index (χ0n) is 19.2. The quantitative estimate of drug-likeness (QED) is 0.420. The van der Waals surface area contributed by atoms with Gasteiger partial charge < -0.3 is 40.0 Å². The molecule has 0 radical (unpaired) electrons. The molecule has 1 aromatic carbocycles. The molecule has 0 aromatic heterocycles. The molecule has 1 spiro atoms. The molecule has 1 saturated heterocycles. The van der Waals surface area contributed by atoms with Crippen LogP contribution in [0.4, 0.5) is 0 Å². The van der Waals surface area contributed by atoms with E-state index in [1.165, 1.54) is 0 Å². The first-order valence-electron chi connectivity index (χ1n) is 11.4. The second-order valence-corrected chi connectivity index (χ2v) is 9.31. The molecule has 33 heavy (non-hydrogen) atoms. The van der Waals surface area contributed by atoms with Gasteiger partial charge in [-0.15, -0.1) is 0 Å². The highest BCUT2D eigenvalue weighted by Crippen LogP contribution is 2.45. The van der Waals surface area contributed by atoms with E-state index in [1.54, 1.807) is 7.11 Å². The lowest BCUT2D eigenvalue weighted by atomic mass is 9.79. The number of benzene rings is 1. The second kappa shape index (κ2) is 9.32. The lowest BCUT2D eigenvalue weighted by Gasteiger charge is -2.43. The molecule has 2 fully saturated rings. The molecule has 1 amide bonds. The van der Waals surface area contributed by atoms with Gasteiger partial charge in [0.05, 0.1) is 23.8 Å². The van der Waals surface area contributed by atoms with E-state index >= 15 is 0 Å². The number of methoxy groups -OCH3 is 1. The number of ether oxygens (including phenoxy) is 3.